The number of anilines is 1. The zero-order chi connectivity index (χ0) is 18.9. The number of hydrogen-bond donors (Lipinski definition) is 1. The number of aliphatic hydroxyl groups excluding tert-OH is 1. The van der Waals surface area contributed by atoms with E-state index in [1.807, 2.05) is 24.4 Å². The minimum absolute atomic E-state index is 0.277. The number of hydrogen-bond acceptors (Lipinski definition) is 6. The second-order valence-electron chi connectivity index (χ2n) is 8.33. The summed E-state index contributed by atoms with van der Waals surface area (Å²) < 4.78 is 0. The summed E-state index contributed by atoms with van der Waals surface area (Å²) in [5, 5.41) is 9.70. The number of aryl methyl sites for hydroxylation is 1. The van der Waals surface area contributed by atoms with Crippen molar-refractivity contribution in [3.05, 3.63) is 35.7 Å². The van der Waals surface area contributed by atoms with Gasteiger partial charge in [0.2, 0.25) is 0 Å². The molecular formula is C22H29N5O. The van der Waals surface area contributed by atoms with Gasteiger partial charge in [0.1, 0.15) is 11.5 Å². The molecular weight excluding hydrogens is 350 g/mol. The highest BCUT2D eigenvalue weighted by Crippen LogP contribution is 2.35. The summed E-state index contributed by atoms with van der Waals surface area (Å²) in [5.41, 5.74) is 3.42. The molecule has 1 N–H and O–H groups in total. The molecule has 0 amide bonds. The van der Waals surface area contributed by atoms with Crippen LogP contribution in [0.2, 0.25) is 0 Å². The van der Waals surface area contributed by atoms with Crippen LogP contribution in [-0.2, 0) is 12.8 Å². The van der Waals surface area contributed by atoms with E-state index in [4.69, 9.17) is 9.97 Å². The maximum absolute atomic E-state index is 9.70. The lowest BCUT2D eigenvalue weighted by Gasteiger charge is -2.33. The van der Waals surface area contributed by atoms with Crippen molar-refractivity contribution in [3.8, 4) is 11.5 Å². The highest BCUT2D eigenvalue weighted by molar-refractivity contribution is 5.59. The van der Waals surface area contributed by atoms with E-state index in [-0.39, 0.29) is 6.61 Å². The van der Waals surface area contributed by atoms with Gasteiger partial charge in [0.15, 0.2) is 5.82 Å². The van der Waals surface area contributed by atoms with Crippen LogP contribution in [0.4, 0.5) is 5.82 Å². The SMILES string of the molecule is OCC1CCCN1CC1CCCN1c1nc(-c2ccccn2)nc2c1CCC2. The molecule has 4 heterocycles. The molecule has 28 heavy (non-hydrogen) atoms. The summed E-state index contributed by atoms with van der Waals surface area (Å²) in [5.74, 6) is 1.90. The number of aliphatic hydroxyl groups is 1. The fourth-order valence-corrected chi connectivity index (χ4v) is 5.18. The fourth-order valence-electron chi connectivity index (χ4n) is 5.18. The fraction of sp³-hybridized carbons (Fsp3) is 0.591. The van der Waals surface area contributed by atoms with E-state index in [0.29, 0.717) is 12.1 Å². The van der Waals surface area contributed by atoms with Crippen LogP contribution in [0.5, 0.6) is 0 Å². The highest BCUT2D eigenvalue weighted by atomic mass is 16.3. The Morgan fingerprint density at radius 3 is 2.75 bits per heavy atom. The molecule has 0 spiro atoms. The van der Waals surface area contributed by atoms with Crippen molar-refractivity contribution in [2.75, 3.05) is 31.1 Å². The third kappa shape index (κ3) is 3.29. The Labute approximate surface area is 166 Å². The van der Waals surface area contributed by atoms with E-state index in [2.05, 4.69) is 14.8 Å². The topological polar surface area (TPSA) is 65.4 Å². The number of pyridine rings is 1. The van der Waals surface area contributed by atoms with Crippen molar-refractivity contribution >= 4 is 5.82 Å². The smallest absolute Gasteiger partial charge is 0.180 e. The number of rotatable bonds is 5. The molecule has 6 heteroatoms. The van der Waals surface area contributed by atoms with Crippen LogP contribution in [-0.4, -0.2) is 63.3 Å². The minimum Gasteiger partial charge on any atom is -0.395 e. The van der Waals surface area contributed by atoms with Crippen molar-refractivity contribution in [2.45, 2.75) is 57.0 Å². The van der Waals surface area contributed by atoms with Crippen LogP contribution in [0, 0.1) is 0 Å². The van der Waals surface area contributed by atoms with E-state index < -0.39 is 0 Å². The quantitative estimate of drug-likeness (QED) is 0.861. The van der Waals surface area contributed by atoms with Gasteiger partial charge in [-0.05, 0) is 63.6 Å². The third-order valence-electron chi connectivity index (χ3n) is 6.61. The van der Waals surface area contributed by atoms with E-state index in [0.717, 1.165) is 56.2 Å². The van der Waals surface area contributed by atoms with Crippen LogP contribution in [0.15, 0.2) is 24.4 Å². The lowest BCUT2D eigenvalue weighted by atomic mass is 10.1. The van der Waals surface area contributed by atoms with Gasteiger partial charge in [0, 0.05) is 42.6 Å². The van der Waals surface area contributed by atoms with Crippen LogP contribution >= 0.6 is 0 Å². The highest BCUT2D eigenvalue weighted by Gasteiger charge is 2.34. The number of nitrogens with zero attached hydrogens (tertiary/aromatic N) is 5. The van der Waals surface area contributed by atoms with Crippen molar-refractivity contribution in [1.29, 1.82) is 0 Å². The van der Waals surface area contributed by atoms with Gasteiger partial charge in [-0.2, -0.15) is 0 Å². The molecule has 3 aliphatic rings. The maximum Gasteiger partial charge on any atom is 0.180 e. The van der Waals surface area contributed by atoms with Gasteiger partial charge in [0.25, 0.3) is 0 Å². The Morgan fingerprint density at radius 1 is 1.00 bits per heavy atom. The monoisotopic (exact) mass is 379 g/mol. The molecule has 2 saturated heterocycles. The first-order valence-electron chi connectivity index (χ1n) is 10.8. The molecule has 0 saturated carbocycles. The first kappa shape index (κ1) is 18.0. The van der Waals surface area contributed by atoms with Gasteiger partial charge in [-0.15, -0.1) is 0 Å². The minimum atomic E-state index is 0.277. The van der Waals surface area contributed by atoms with Gasteiger partial charge in [-0.3, -0.25) is 9.88 Å². The third-order valence-corrected chi connectivity index (χ3v) is 6.61. The van der Waals surface area contributed by atoms with Gasteiger partial charge in [0.05, 0.1) is 6.61 Å². The zero-order valence-electron chi connectivity index (χ0n) is 16.4. The van der Waals surface area contributed by atoms with Crippen LogP contribution in [0.1, 0.15) is 43.4 Å². The molecule has 2 aromatic heterocycles. The van der Waals surface area contributed by atoms with Crippen LogP contribution in [0.3, 0.4) is 0 Å². The maximum atomic E-state index is 9.70. The predicted molar refractivity (Wildman–Crippen MR) is 109 cm³/mol. The average molecular weight is 380 g/mol. The number of likely N-dealkylation sites (tertiary alicyclic amines) is 1. The van der Waals surface area contributed by atoms with Gasteiger partial charge < -0.3 is 10.0 Å². The van der Waals surface area contributed by atoms with Crippen molar-refractivity contribution in [1.82, 2.24) is 19.9 Å². The van der Waals surface area contributed by atoms with E-state index >= 15 is 0 Å². The molecule has 0 radical (unpaired) electrons. The Balaban J connectivity index is 1.47. The summed E-state index contributed by atoms with van der Waals surface area (Å²) >= 11 is 0. The molecule has 2 aromatic rings. The van der Waals surface area contributed by atoms with E-state index in [9.17, 15) is 5.11 Å². The second kappa shape index (κ2) is 7.76. The Morgan fingerprint density at radius 2 is 1.89 bits per heavy atom. The van der Waals surface area contributed by atoms with Crippen LogP contribution < -0.4 is 4.90 Å². The van der Waals surface area contributed by atoms with Gasteiger partial charge in [-0.1, -0.05) is 6.07 Å². The van der Waals surface area contributed by atoms with Crippen molar-refractivity contribution in [2.24, 2.45) is 0 Å². The first-order chi connectivity index (χ1) is 13.8. The molecule has 148 valence electrons. The van der Waals surface area contributed by atoms with Gasteiger partial charge >= 0.3 is 0 Å². The van der Waals surface area contributed by atoms with E-state index in [1.165, 1.54) is 36.9 Å². The zero-order valence-corrected chi connectivity index (χ0v) is 16.4. The summed E-state index contributed by atoms with van der Waals surface area (Å²) in [4.78, 5) is 19.4. The lowest BCUT2D eigenvalue weighted by molar-refractivity contribution is 0.153. The lowest BCUT2D eigenvalue weighted by Crippen LogP contribution is -2.44. The molecule has 6 nitrogen and oxygen atoms in total. The summed E-state index contributed by atoms with van der Waals surface area (Å²) in [6.45, 7) is 3.48. The van der Waals surface area contributed by atoms with Crippen molar-refractivity contribution < 1.29 is 5.11 Å². The number of fused-ring (bicyclic) bond motifs is 1. The molecule has 2 aliphatic heterocycles. The summed E-state index contributed by atoms with van der Waals surface area (Å²) in [6.07, 6.45) is 9.83. The first-order valence-corrected chi connectivity index (χ1v) is 10.8. The molecule has 1 aliphatic carbocycles. The summed E-state index contributed by atoms with van der Waals surface area (Å²) in [6, 6.07) is 6.74. The largest absolute Gasteiger partial charge is 0.395 e. The normalized spacial score (nSPS) is 24.8. The Kier molecular flexibility index (Phi) is 4.99. The molecule has 2 fully saturated rings. The van der Waals surface area contributed by atoms with Gasteiger partial charge in [-0.25, -0.2) is 9.97 Å². The van der Waals surface area contributed by atoms with E-state index in [1.54, 1.807) is 0 Å². The Hall–Kier alpha value is -2.05. The second-order valence-corrected chi connectivity index (χ2v) is 8.33. The number of aromatic nitrogens is 3. The Bertz CT molecular complexity index is 827. The molecule has 2 atom stereocenters. The average Bonchev–Trinajstić information content (AvgIpc) is 3.49. The standard InChI is InChI=1S/C22H29N5O/c28-15-17-7-4-12-26(17)14-16-6-5-13-27(16)22-18-8-3-10-19(18)24-21(25-22)20-9-1-2-11-23-20/h1-2,9,11,16-17,28H,3-8,10,12-15H2. The van der Waals surface area contributed by atoms with Crippen molar-refractivity contribution in [3.63, 3.8) is 0 Å². The van der Waals surface area contributed by atoms with Crippen LogP contribution in [0.25, 0.3) is 11.5 Å². The molecule has 2 unspecified atom stereocenters. The predicted octanol–water partition coefficient (Wildman–Crippen LogP) is 2.45. The molecule has 5 rings (SSSR count). The molecule has 0 bridgehead atoms. The summed E-state index contributed by atoms with van der Waals surface area (Å²) in [7, 11) is 0. The molecule has 0 aromatic carbocycles.